The van der Waals surface area contributed by atoms with Gasteiger partial charge < -0.3 is 19.1 Å². The zero-order valence-corrected chi connectivity index (χ0v) is 22.5. The minimum absolute atomic E-state index is 0.0970. The molecule has 0 saturated heterocycles. The number of halogens is 1. The van der Waals surface area contributed by atoms with Crippen LogP contribution >= 0.6 is 11.6 Å². The van der Waals surface area contributed by atoms with E-state index in [9.17, 15) is 4.79 Å². The van der Waals surface area contributed by atoms with Gasteiger partial charge in [-0.1, -0.05) is 41.9 Å². The standard InChI is InChI=1S/C31H31ClN2O4/c1-4-34-20-28(26-14-7-21(2)18-27(26)32)33-30(34)16-11-24-19-23(10-15-29(24)37-3)22-8-12-25(13-9-22)38-17-5-6-31(35)36/h7-16,18-20H,4-6,17H2,1-3H3,(H,35,36)/b16-11+. The fraction of sp³-hybridized carbons (Fsp3) is 0.226. The second-order valence-electron chi connectivity index (χ2n) is 8.91. The lowest BCUT2D eigenvalue weighted by atomic mass is 10.0. The summed E-state index contributed by atoms with van der Waals surface area (Å²) in [6, 6.07) is 19.8. The molecule has 38 heavy (non-hydrogen) atoms. The number of aliphatic carboxylic acids is 1. The summed E-state index contributed by atoms with van der Waals surface area (Å²) in [4.78, 5) is 15.5. The van der Waals surface area contributed by atoms with Crippen LogP contribution in [0, 0.1) is 6.92 Å². The summed E-state index contributed by atoms with van der Waals surface area (Å²) in [7, 11) is 1.66. The van der Waals surface area contributed by atoms with E-state index in [1.807, 2.05) is 79.9 Å². The zero-order chi connectivity index (χ0) is 27.1. The second kappa shape index (κ2) is 12.5. The molecule has 4 aromatic rings. The molecule has 1 heterocycles. The fourth-order valence-corrected chi connectivity index (χ4v) is 4.47. The van der Waals surface area contributed by atoms with Gasteiger partial charge in [0.1, 0.15) is 17.3 Å². The lowest BCUT2D eigenvalue weighted by Gasteiger charge is -2.10. The van der Waals surface area contributed by atoms with Gasteiger partial charge in [-0.3, -0.25) is 4.79 Å². The minimum atomic E-state index is -0.817. The quantitative estimate of drug-likeness (QED) is 0.202. The monoisotopic (exact) mass is 530 g/mol. The number of methoxy groups -OCH3 is 1. The van der Waals surface area contributed by atoms with Crippen molar-refractivity contribution in [1.29, 1.82) is 0 Å². The van der Waals surface area contributed by atoms with Gasteiger partial charge in [-0.15, -0.1) is 0 Å². The topological polar surface area (TPSA) is 73.6 Å². The molecule has 0 bridgehead atoms. The summed E-state index contributed by atoms with van der Waals surface area (Å²) < 4.78 is 13.4. The first kappa shape index (κ1) is 27.0. The number of ether oxygens (including phenoxy) is 2. The van der Waals surface area contributed by atoms with Crippen LogP contribution in [0.3, 0.4) is 0 Å². The highest BCUT2D eigenvalue weighted by Crippen LogP contribution is 2.31. The van der Waals surface area contributed by atoms with Crippen LogP contribution in [0.25, 0.3) is 34.5 Å². The summed E-state index contributed by atoms with van der Waals surface area (Å²) in [5, 5.41) is 9.44. The van der Waals surface area contributed by atoms with Crippen molar-refractivity contribution in [3.63, 3.8) is 0 Å². The van der Waals surface area contributed by atoms with Gasteiger partial charge in [0.2, 0.25) is 0 Å². The van der Waals surface area contributed by atoms with Gasteiger partial charge >= 0.3 is 5.97 Å². The maximum absolute atomic E-state index is 10.6. The molecule has 1 N–H and O–H groups in total. The average Bonchev–Trinajstić information content (AvgIpc) is 3.33. The van der Waals surface area contributed by atoms with Gasteiger partial charge in [-0.05, 0) is 79.4 Å². The molecule has 0 aliphatic rings. The maximum Gasteiger partial charge on any atom is 0.303 e. The van der Waals surface area contributed by atoms with E-state index in [1.165, 1.54) is 0 Å². The third kappa shape index (κ3) is 6.64. The highest BCUT2D eigenvalue weighted by atomic mass is 35.5. The van der Waals surface area contributed by atoms with E-state index in [1.54, 1.807) is 7.11 Å². The zero-order valence-electron chi connectivity index (χ0n) is 21.8. The summed E-state index contributed by atoms with van der Waals surface area (Å²) in [6.45, 7) is 5.25. The van der Waals surface area contributed by atoms with Crippen molar-refractivity contribution in [2.45, 2.75) is 33.2 Å². The lowest BCUT2D eigenvalue weighted by Crippen LogP contribution is -2.01. The third-order valence-corrected chi connectivity index (χ3v) is 6.49. The van der Waals surface area contributed by atoms with Crippen molar-refractivity contribution in [1.82, 2.24) is 9.55 Å². The molecule has 3 aromatic carbocycles. The Balaban J connectivity index is 1.55. The van der Waals surface area contributed by atoms with E-state index in [-0.39, 0.29) is 6.42 Å². The molecular formula is C31H31ClN2O4. The van der Waals surface area contributed by atoms with Gasteiger partial charge in [-0.2, -0.15) is 0 Å². The minimum Gasteiger partial charge on any atom is -0.496 e. The number of carboxylic acids is 1. The highest BCUT2D eigenvalue weighted by molar-refractivity contribution is 6.33. The van der Waals surface area contributed by atoms with Crippen LogP contribution in [-0.2, 0) is 11.3 Å². The van der Waals surface area contributed by atoms with Crippen molar-refractivity contribution < 1.29 is 19.4 Å². The molecular weight excluding hydrogens is 500 g/mol. The van der Waals surface area contributed by atoms with E-state index in [4.69, 9.17) is 31.2 Å². The molecule has 0 saturated carbocycles. The number of aryl methyl sites for hydroxylation is 2. The number of hydrogen-bond donors (Lipinski definition) is 1. The van der Waals surface area contributed by atoms with Crippen molar-refractivity contribution in [2.75, 3.05) is 13.7 Å². The Morgan fingerprint density at radius 3 is 2.50 bits per heavy atom. The average molecular weight is 531 g/mol. The number of aromatic nitrogens is 2. The number of imidazole rings is 1. The molecule has 6 nitrogen and oxygen atoms in total. The summed E-state index contributed by atoms with van der Waals surface area (Å²) >= 11 is 6.50. The van der Waals surface area contributed by atoms with Gasteiger partial charge in [-0.25, -0.2) is 4.98 Å². The van der Waals surface area contributed by atoms with E-state index >= 15 is 0 Å². The molecule has 0 amide bonds. The number of hydrogen-bond acceptors (Lipinski definition) is 4. The van der Waals surface area contributed by atoms with Crippen LogP contribution < -0.4 is 9.47 Å². The van der Waals surface area contributed by atoms with Crippen molar-refractivity contribution in [3.05, 3.63) is 88.8 Å². The molecule has 0 fully saturated rings. The number of carboxylic acid groups (broad SMARTS) is 1. The van der Waals surface area contributed by atoms with Crippen molar-refractivity contribution in [3.8, 4) is 33.9 Å². The Kier molecular flexibility index (Phi) is 8.87. The maximum atomic E-state index is 10.6. The fourth-order valence-electron chi connectivity index (χ4n) is 4.14. The van der Waals surface area contributed by atoms with Gasteiger partial charge in [0.25, 0.3) is 0 Å². The first-order valence-corrected chi connectivity index (χ1v) is 12.9. The SMILES string of the molecule is CCn1cc(-c2ccc(C)cc2Cl)nc1/C=C/c1cc(-c2ccc(OCCCC(=O)O)cc2)ccc1OC. The highest BCUT2D eigenvalue weighted by Gasteiger charge is 2.11. The number of benzene rings is 3. The van der Waals surface area contributed by atoms with E-state index in [0.717, 1.165) is 51.6 Å². The molecule has 0 aliphatic carbocycles. The third-order valence-electron chi connectivity index (χ3n) is 6.18. The van der Waals surface area contributed by atoms with E-state index in [2.05, 4.69) is 17.6 Å². The van der Waals surface area contributed by atoms with Gasteiger partial charge in [0, 0.05) is 30.3 Å². The molecule has 0 aliphatic heterocycles. The summed E-state index contributed by atoms with van der Waals surface area (Å²) in [5.41, 5.74) is 5.86. The van der Waals surface area contributed by atoms with Crippen LogP contribution in [0.4, 0.5) is 0 Å². The lowest BCUT2D eigenvalue weighted by molar-refractivity contribution is -0.137. The van der Waals surface area contributed by atoms with Crippen molar-refractivity contribution in [2.24, 2.45) is 0 Å². The molecule has 0 radical (unpaired) electrons. The molecule has 4 rings (SSSR count). The van der Waals surface area contributed by atoms with Crippen LogP contribution in [0.5, 0.6) is 11.5 Å². The van der Waals surface area contributed by atoms with Crippen LogP contribution in [0.2, 0.25) is 5.02 Å². The Morgan fingerprint density at radius 1 is 1.05 bits per heavy atom. The molecule has 0 spiro atoms. The Hall–Kier alpha value is -4.03. The first-order valence-electron chi connectivity index (χ1n) is 12.5. The number of nitrogens with zero attached hydrogens (tertiary/aromatic N) is 2. The molecule has 0 unspecified atom stereocenters. The number of carbonyl (C=O) groups is 1. The predicted molar refractivity (Wildman–Crippen MR) is 153 cm³/mol. The first-order chi connectivity index (χ1) is 18.4. The predicted octanol–water partition coefficient (Wildman–Crippen LogP) is 7.62. The van der Waals surface area contributed by atoms with Crippen LogP contribution in [-0.4, -0.2) is 34.3 Å². The molecule has 196 valence electrons. The normalized spacial score (nSPS) is 11.2. The number of rotatable bonds is 11. The molecule has 1 aromatic heterocycles. The van der Waals surface area contributed by atoms with Crippen molar-refractivity contribution >= 4 is 29.7 Å². The van der Waals surface area contributed by atoms with Gasteiger partial charge in [0.15, 0.2) is 0 Å². The summed E-state index contributed by atoms with van der Waals surface area (Å²) in [6.07, 6.45) is 6.60. The Bertz CT molecular complexity index is 1440. The van der Waals surface area contributed by atoms with Crippen LogP contribution in [0.15, 0.2) is 66.9 Å². The smallest absolute Gasteiger partial charge is 0.303 e. The molecule has 7 heteroatoms. The van der Waals surface area contributed by atoms with E-state index in [0.29, 0.717) is 23.8 Å². The largest absolute Gasteiger partial charge is 0.496 e. The molecule has 0 atom stereocenters. The Labute approximate surface area is 228 Å². The van der Waals surface area contributed by atoms with E-state index < -0.39 is 5.97 Å². The van der Waals surface area contributed by atoms with Crippen LogP contribution in [0.1, 0.15) is 36.7 Å². The summed E-state index contributed by atoms with van der Waals surface area (Å²) in [5.74, 6) is 1.49. The Morgan fingerprint density at radius 2 is 1.82 bits per heavy atom. The van der Waals surface area contributed by atoms with Gasteiger partial charge in [0.05, 0.1) is 24.4 Å². The second-order valence-corrected chi connectivity index (χ2v) is 9.32.